The minimum Gasteiger partial charge on any atom is -0.355 e. The van der Waals surface area contributed by atoms with Crippen molar-refractivity contribution < 1.29 is 24.0 Å². The largest absolute Gasteiger partial charge is 0.355 e. The lowest BCUT2D eigenvalue weighted by atomic mass is 10.0. The van der Waals surface area contributed by atoms with E-state index in [1.165, 1.54) is 6.92 Å². The molecule has 0 heterocycles. The van der Waals surface area contributed by atoms with Gasteiger partial charge in [0, 0.05) is 19.5 Å². The van der Waals surface area contributed by atoms with Gasteiger partial charge in [-0.1, -0.05) is 13.8 Å². The highest BCUT2D eigenvalue weighted by Crippen LogP contribution is 2.06. The quantitative estimate of drug-likeness (QED) is 0.178. The number of rotatable bonds is 15. The SMILES string of the molecule is CC(=O)[C@H](CCCNC(N)=O)NC(=O)[C@@H](NC(=O)CCCCNC(=O)CCl)C(C)C. The number of hydrogen-bond acceptors (Lipinski definition) is 5. The number of Topliss-reactive ketones (excluding diaryl/α,β-unsaturated/α-hetero) is 1. The number of nitrogens with one attached hydrogen (secondary N) is 4. The second kappa shape index (κ2) is 15.5. The second-order valence-corrected chi connectivity index (χ2v) is 7.60. The van der Waals surface area contributed by atoms with Crippen LogP contribution in [0.5, 0.6) is 0 Å². The third kappa shape index (κ3) is 13.0. The van der Waals surface area contributed by atoms with E-state index in [4.69, 9.17) is 17.3 Å². The Bertz CT molecular complexity index is 600. The van der Waals surface area contributed by atoms with Crippen LogP contribution in [0.15, 0.2) is 0 Å². The Morgan fingerprint density at radius 2 is 1.53 bits per heavy atom. The number of ketones is 1. The molecule has 6 N–H and O–H groups in total. The second-order valence-electron chi connectivity index (χ2n) is 7.33. The lowest BCUT2D eigenvalue weighted by Gasteiger charge is -2.24. The number of hydrogen-bond donors (Lipinski definition) is 5. The minimum atomic E-state index is -0.779. The normalized spacial score (nSPS) is 12.6. The first-order valence-corrected chi connectivity index (χ1v) is 10.6. The summed E-state index contributed by atoms with van der Waals surface area (Å²) in [6.45, 7) is 5.69. The van der Waals surface area contributed by atoms with Gasteiger partial charge in [-0.2, -0.15) is 0 Å². The Balaban J connectivity index is 4.54. The van der Waals surface area contributed by atoms with Crippen molar-refractivity contribution in [3.63, 3.8) is 0 Å². The molecule has 0 unspecified atom stereocenters. The van der Waals surface area contributed by atoms with E-state index < -0.39 is 24.0 Å². The fourth-order valence-electron chi connectivity index (χ4n) is 2.62. The Morgan fingerprint density at radius 3 is 2.07 bits per heavy atom. The highest BCUT2D eigenvalue weighted by atomic mass is 35.5. The van der Waals surface area contributed by atoms with Crippen LogP contribution in [0.2, 0.25) is 0 Å². The van der Waals surface area contributed by atoms with Crippen molar-refractivity contribution in [3.8, 4) is 0 Å². The van der Waals surface area contributed by atoms with Gasteiger partial charge in [-0.05, 0) is 38.5 Å². The van der Waals surface area contributed by atoms with Crippen LogP contribution >= 0.6 is 11.6 Å². The molecule has 0 aromatic heterocycles. The summed E-state index contributed by atoms with van der Waals surface area (Å²) in [7, 11) is 0. The Morgan fingerprint density at radius 1 is 0.900 bits per heavy atom. The molecule has 2 atom stereocenters. The number of nitrogens with two attached hydrogens (primary N) is 1. The van der Waals surface area contributed by atoms with Crippen LogP contribution in [0.1, 0.15) is 52.9 Å². The zero-order chi connectivity index (χ0) is 23.1. The first-order valence-electron chi connectivity index (χ1n) is 10.0. The smallest absolute Gasteiger partial charge is 0.312 e. The van der Waals surface area contributed by atoms with Crippen molar-refractivity contribution in [1.82, 2.24) is 21.3 Å². The highest BCUT2D eigenvalue weighted by molar-refractivity contribution is 6.27. The molecule has 11 heteroatoms. The Hall–Kier alpha value is -2.36. The number of halogens is 1. The Kier molecular flexibility index (Phi) is 14.3. The molecule has 0 aliphatic carbocycles. The van der Waals surface area contributed by atoms with Crippen LogP contribution in [0.25, 0.3) is 0 Å². The number of urea groups is 1. The molecular weight excluding hydrogens is 414 g/mol. The number of alkyl halides is 1. The summed E-state index contributed by atoms with van der Waals surface area (Å²) in [4.78, 5) is 58.4. The van der Waals surface area contributed by atoms with Crippen LogP contribution in [-0.2, 0) is 19.2 Å². The van der Waals surface area contributed by atoms with Crippen LogP contribution in [0.3, 0.4) is 0 Å². The van der Waals surface area contributed by atoms with E-state index in [1.54, 1.807) is 13.8 Å². The molecule has 5 amide bonds. The predicted molar refractivity (Wildman–Crippen MR) is 114 cm³/mol. The van der Waals surface area contributed by atoms with E-state index in [0.29, 0.717) is 38.8 Å². The van der Waals surface area contributed by atoms with Gasteiger partial charge in [-0.25, -0.2) is 4.79 Å². The number of amides is 5. The van der Waals surface area contributed by atoms with E-state index in [1.807, 2.05) is 0 Å². The summed E-state index contributed by atoms with van der Waals surface area (Å²) in [5, 5.41) is 10.4. The van der Waals surface area contributed by atoms with Gasteiger partial charge in [0.1, 0.15) is 11.9 Å². The third-order valence-corrected chi connectivity index (χ3v) is 4.56. The molecule has 0 aromatic carbocycles. The molecule has 0 rings (SSSR count). The van der Waals surface area contributed by atoms with E-state index in [0.717, 1.165) is 0 Å². The summed E-state index contributed by atoms with van der Waals surface area (Å²) >= 11 is 5.38. The summed E-state index contributed by atoms with van der Waals surface area (Å²) in [6, 6.07) is -2.14. The fourth-order valence-corrected chi connectivity index (χ4v) is 2.72. The number of primary amides is 1. The van der Waals surface area contributed by atoms with Gasteiger partial charge in [-0.15, -0.1) is 11.6 Å². The molecule has 0 aromatic rings. The minimum absolute atomic E-state index is 0.103. The summed E-state index contributed by atoms with van der Waals surface area (Å²) in [5.41, 5.74) is 4.99. The van der Waals surface area contributed by atoms with Crippen LogP contribution in [0, 0.1) is 5.92 Å². The average Bonchev–Trinajstić information content (AvgIpc) is 2.66. The topological polar surface area (TPSA) is 159 Å². The van der Waals surface area contributed by atoms with Gasteiger partial charge in [-0.3, -0.25) is 19.2 Å². The van der Waals surface area contributed by atoms with E-state index in [9.17, 15) is 24.0 Å². The lowest BCUT2D eigenvalue weighted by Crippen LogP contribution is -2.53. The molecule has 0 saturated carbocycles. The van der Waals surface area contributed by atoms with Crippen LogP contribution < -0.4 is 27.0 Å². The van der Waals surface area contributed by atoms with E-state index in [2.05, 4.69) is 21.3 Å². The Labute approximate surface area is 182 Å². The fraction of sp³-hybridized carbons (Fsp3) is 0.737. The average molecular weight is 448 g/mol. The van der Waals surface area contributed by atoms with Gasteiger partial charge in [0.15, 0.2) is 5.78 Å². The lowest BCUT2D eigenvalue weighted by molar-refractivity contribution is -0.132. The maximum atomic E-state index is 12.6. The van der Waals surface area contributed by atoms with Gasteiger partial charge in [0.05, 0.1) is 6.04 Å². The third-order valence-electron chi connectivity index (χ3n) is 4.32. The van der Waals surface area contributed by atoms with Crippen molar-refractivity contribution in [2.75, 3.05) is 19.0 Å². The molecule has 0 aliphatic rings. The summed E-state index contributed by atoms with van der Waals surface area (Å²) in [6.07, 6.45) is 2.17. The predicted octanol–water partition coefficient (Wildman–Crippen LogP) is 0.175. The molecule has 30 heavy (non-hydrogen) atoms. The molecular formula is C19H34ClN5O5. The van der Waals surface area contributed by atoms with Crippen molar-refractivity contribution >= 4 is 41.1 Å². The number of unbranched alkanes of at least 4 members (excludes halogenated alkanes) is 1. The highest BCUT2D eigenvalue weighted by Gasteiger charge is 2.27. The monoisotopic (exact) mass is 447 g/mol. The van der Waals surface area contributed by atoms with Gasteiger partial charge in [0.2, 0.25) is 17.7 Å². The number of carbonyl (C=O) groups excluding carboxylic acids is 5. The van der Waals surface area contributed by atoms with Crippen LogP contribution in [0.4, 0.5) is 4.79 Å². The maximum Gasteiger partial charge on any atom is 0.312 e. The van der Waals surface area contributed by atoms with E-state index in [-0.39, 0.29) is 35.8 Å². The molecule has 172 valence electrons. The first kappa shape index (κ1) is 27.6. The molecule has 0 spiro atoms. The maximum absolute atomic E-state index is 12.6. The molecule has 0 saturated heterocycles. The van der Waals surface area contributed by atoms with Crippen molar-refractivity contribution in [2.24, 2.45) is 11.7 Å². The summed E-state index contributed by atoms with van der Waals surface area (Å²) in [5.74, 6) is -1.47. The van der Waals surface area contributed by atoms with E-state index >= 15 is 0 Å². The molecule has 0 radical (unpaired) electrons. The van der Waals surface area contributed by atoms with Crippen molar-refractivity contribution in [3.05, 3.63) is 0 Å². The molecule has 0 bridgehead atoms. The molecule has 10 nitrogen and oxygen atoms in total. The molecule has 0 fully saturated rings. The number of carbonyl (C=O) groups is 5. The van der Waals surface area contributed by atoms with Gasteiger partial charge in [0.25, 0.3) is 0 Å². The zero-order valence-corrected chi connectivity index (χ0v) is 18.6. The standard InChI is InChI=1S/C19H34ClN5O5/c1-12(2)17(25-15(27)8-4-5-9-22-16(28)11-20)18(29)24-14(13(3)26)7-6-10-23-19(21)30/h12,14,17H,4-11H2,1-3H3,(H,22,28)(H,24,29)(H,25,27)(H3,21,23,30)/t14-,17-/m0/s1. The van der Waals surface area contributed by atoms with Crippen molar-refractivity contribution in [1.29, 1.82) is 0 Å². The first-order chi connectivity index (χ1) is 14.1. The van der Waals surface area contributed by atoms with Gasteiger partial charge < -0.3 is 27.0 Å². The van der Waals surface area contributed by atoms with Crippen molar-refractivity contribution in [2.45, 2.75) is 65.0 Å². The summed E-state index contributed by atoms with van der Waals surface area (Å²) < 4.78 is 0. The zero-order valence-electron chi connectivity index (χ0n) is 17.9. The van der Waals surface area contributed by atoms with Gasteiger partial charge >= 0.3 is 6.03 Å². The van der Waals surface area contributed by atoms with Crippen LogP contribution in [-0.4, -0.2) is 60.6 Å². The molecule has 0 aliphatic heterocycles.